The predicted molar refractivity (Wildman–Crippen MR) is 104 cm³/mol. The first-order valence-electron chi connectivity index (χ1n) is 8.74. The molecule has 0 fully saturated rings. The van der Waals surface area contributed by atoms with Gasteiger partial charge in [-0.3, -0.25) is 4.79 Å². The molecule has 0 spiro atoms. The monoisotopic (exact) mass is 377 g/mol. The van der Waals surface area contributed by atoms with E-state index in [9.17, 15) is 14.7 Å². The van der Waals surface area contributed by atoms with Gasteiger partial charge in [-0.1, -0.05) is 24.3 Å². The molecule has 0 aliphatic heterocycles. The lowest BCUT2D eigenvalue weighted by Crippen LogP contribution is -2.41. The minimum Gasteiger partial charge on any atom is -0.550 e. The molecule has 0 saturated carbocycles. The predicted octanol–water partition coefficient (Wildman–Crippen LogP) is 3.23. The number of fused-ring (bicyclic) bond motifs is 1. The Morgan fingerprint density at radius 3 is 2.41 bits per heavy atom. The van der Waals surface area contributed by atoms with E-state index < -0.39 is 17.8 Å². The Labute approximate surface area is 160 Å². The van der Waals surface area contributed by atoms with Crippen LogP contribution in [0.5, 0.6) is 0 Å². The van der Waals surface area contributed by atoms with Crippen LogP contribution in [0.25, 0.3) is 20.8 Å². The Bertz CT molecular complexity index is 990. The van der Waals surface area contributed by atoms with Gasteiger partial charge in [0.05, 0.1) is 16.1 Å². The van der Waals surface area contributed by atoms with Gasteiger partial charge in [-0.05, 0) is 49.2 Å². The summed E-state index contributed by atoms with van der Waals surface area (Å²) in [6, 6.07) is 15.4. The van der Waals surface area contributed by atoms with Crippen LogP contribution in [-0.4, -0.2) is 16.9 Å². The van der Waals surface area contributed by atoms with Crippen molar-refractivity contribution in [1.29, 1.82) is 0 Å². The summed E-state index contributed by atoms with van der Waals surface area (Å²) in [7, 11) is 0. The number of carbonyl (C=O) groups excluding carboxylic acids is 2. The number of carbonyl (C=O) groups is 2. The number of amides is 1. The number of rotatable bonds is 4. The number of hydrogen-bond acceptors (Lipinski definition) is 5. The van der Waals surface area contributed by atoms with Crippen molar-refractivity contribution in [2.45, 2.75) is 12.8 Å². The van der Waals surface area contributed by atoms with E-state index in [4.69, 9.17) is 0 Å². The molecule has 1 aliphatic carbocycles. The number of carboxylic acid groups (broad SMARTS) is 1. The third kappa shape index (κ3) is 3.61. The lowest BCUT2D eigenvalue weighted by Gasteiger charge is -2.28. The summed E-state index contributed by atoms with van der Waals surface area (Å²) < 4.78 is 1.13. The standard InChI is InChI=1S/C21H18N2O3S/c24-19(15-5-1-2-6-16(15)21(25)26)22-14-11-9-13(10-12-14)20-23-17-7-3-4-8-18(17)27-20/h1-4,7-12,15-16H,5-6H2,(H,22,24)(H,25,26)/p-1/t15-,16-/m1/s1. The fourth-order valence-electron chi connectivity index (χ4n) is 3.29. The van der Waals surface area contributed by atoms with E-state index in [0.29, 0.717) is 18.5 Å². The van der Waals surface area contributed by atoms with Crippen LogP contribution in [0.1, 0.15) is 12.8 Å². The first kappa shape index (κ1) is 17.4. The fraction of sp³-hybridized carbons (Fsp3) is 0.190. The summed E-state index contributed by atoms with van der Waals surface area (Å²) in [5.41, 5.74) is 2.58. The SMILES string of the molecule is O=C([O-])[C@@H]1CC=CC[C@H]1C(=O)Nc1ccc(-c2nc3ccccc3s2)cc1. The average Bonchev–Trinajstić information content (AvgIpc) is 3.12. The van der Waals surface area contributed by atoms with E-state index in [2.05, 4.69) is 10.3 Å². The molecule has 0 bridgehead atoms. The molecule has 3 aromatic rings. The second-order valence-electron chi connectivity index (χ2n) is 6.53. The van der Waals surface area contributed by atoms with Crippen LogP contribution >= 0.6 is 11.3 Å². The molecule has 1 N–H and O–H groups in total. The highest BCUT2D eigenvalue weighted by atomic mass is 32.1. The molecule has 2 aromatic carbocycles. The Hall–Kier alpha value is -2.99. The van der Waals surface area contributed by atoms with E-state index in [1.165, 1.54) is 0 Å². The average molecular weight is 377 g/mol. The summed E-state index contributed by atoms with van der Waals surface area (Å²) >= 11 is 1.62. The van der Waals surface area contributed by atoms with Gasteiger partial charge in [0.25, 0.3) is 0 Å². The molecule has 136 valence electrons. The minimum absolute atomic E-state index is 0.290. The van der Waals surface area contributed by atoms with Crippen LogP contribution in [0, 0.1) is 11.8 Å². The van der Waals surface area contributed by atoms with Crippen molar-refractivity contribution < 1.29 is 14.7 Å². The fourth-order valence-corrected chi connectivity index (χ4v) is 4.26. The van der Waals surface area contributed by atoms with Crippen molar-refractivity contribution in [3.8, 4) is 10.6 Å². The first-order valence-corrected chi connectivity index (χ1v) is 9.56. The smallest absolute Gasteiger partial charge is 0.228 e. The third-order valence-electron chi connectivity index (χ3n) is 4.77. The van der Waals surface area contributed by atoms with Crippen LogP contribution < -0.4 is 10.4 Å². The highest BCUT2D eigenvalue weighted by Crippen LogP contribution is 2.31. The van der Waals surface area contributed by atoms with Crippen LogP contribution in [0.2, 0.25) is 0 Å². The van der Waals surface area contributed by atoms with Gasteiger partial charge < -0.3 is 15.2 Å². The summed E-state index contributed by atoms with van der Waals surface area (Å²) in [5, 5.41) is 15.0. The van der Waals surface area contributed by atoms with Gasteiger partial charge in [-0.2, -0.15) is 0 Å². The Morgan fingerprint density at radius 1 is 1.00 bits per heavy atom. The van der Waals surface area contributed by atoms with Gasteiger partial charge in [0.2, 0.25) is 5.91 Å². The van der Waals surface area contributed by atoms with Crippen LogP contribution in [0.15, 0.2) is 60.7 Å². The van der Waals surface area contributed by atoms with Gasteiger partial charge in [0, 0.05) is 23.1 Å². The van der Waals surface area contributed by atoms with Gasteiger partial charge in [0.1, 0.15) is 5.01 Å². The molecule has 0 radical (unpaired) electrons. The van der Waals surface area contributed by atoms with Gasteiger partial charge >= 0.3 is 0 Å². The highest BCUT2D eigenvalue weighted by molar-refractivity contribution is 7.21. The van der Waals surface area contributed by atoms with E-state index in [1.54, 1.807) is 17.4 Å². The van der Waals surface area contributed by atoms with Gasteiger partial charge in [0.15, 0.2) is 0 Å². The second-order valence-corrected chi connectivity index (χ2v) is 7.56. The van der Waals surface area contributed by atoms with Crippen molar-refractivity contribution in [2.75, 3.05) is 5.32 Å². The van der Waals surface area contributed by atoms with Crippen molar-refractivity contribution in [3.05, 3.63) is 60.7 Å². The number of carboxylic acids is 1. The van der Waals surface area contributed by atoms with Crippen molar-refractivity contribution in [1.82, 2.24) is 4.98 Å². The Kier molecular flexibility index (Phi) is 4.73. The lowest BCUT2D eigenvalue weighted by molar-refractivity contribution is -0.313. The molecule has 0 unspecified atom stereocenters. The molecule has 1 amide bonds. The maximum atomic E-state index is 12.5. The quantitative estimate of drug-likeness (QED) is 0.708. The van der Waals surface area contributed by atoms with E-state index in [-0.39, 0.29) is 5.91 Å². The molecular weight excluding hydrogens is 360 g/mol. The van der Waals surface area contributed by atoms with Crippen LogP contribution in [-0.2, 0) is 9.59 Å². The normalized spacial score (nSPS) is 19.1. The molecule has 27 heavy (non-hydrogen) atoms. The maximum absolute atomic E-state index is 12.5. The molecule has 0 saturated heterocycles. The third-order valence-corrected chi connectivity index (χ3v) is 5.85. The Balaban J connectivity index is 1.49. The largest absolute Gasteiger partial charge is 0.550 e. The molecule has 6 heteroatoms. The number of aliphatic carboxylic acids is 1. The Morgan fingerprint density at radius 2 is 1.70 bits per heavy atom. The number of anilines is 1. The number of aromatic nitrogens is 1. The van der Waals surface area contributed by atoms with E-state index in [1.807, 2.05) is 54.6 Å². The maximum Gasteiger partial charge on any atom is 0.228 e. The summed E-state index contributed by atoms with van der Waals surface area (Å²) in [6.07, 6.45) is 4.38. The van der Waals surface area contributed by atoms with Gasteiger partial charge in [-0.15, -0.1) is 11.3 Å². The van der Waals surface area contributed by atoms with Crippen LogP contribution in [0.4, 0.5) is 5.69 Å². The van der Waals surface area contributed by atoms with E-state index in [0.717, 1.165) is 20.8 Å². The molecule has 1 aromatic heterocycles. The first-order chi connectivity index (χ1) is 13.1. The topological polar surface area (TPSA) is 82.1 Å². The number of hydrogen-bond donors (Lipinski definition) is 1. The number of nitrogens with zero attached hydrogens (tertiary/aromatic N) is 1. The number of allylic oxidation sites excluding steroid dienone is 2. The van der Waals surface area contributed by atoms with Crippen molar-refractivity contribution in [2.24, 2.45) is 11.8 Å². The molecule has 5 nitrogen and oxygen atoms in total. The summed E-state index contributed by atoms with van der Waals surface area (Å²) in [5.74, 6) is -2.85. The number of thiazole rings is 1. The van der Waals surface area contributed by atoms with Crippen molar-refractivity contribution in [3.63, 3.8) is 0 Å². The molecule has 2 atom stereocenters. The second kappa shape index (κ2) is 7.32. The molecule has 1 heterocycles. The molecule has 1 aliphatic rings. The highest BCUT2D eigenvalue weighted by Gasteiger charge is 2.29. The molecular formula is C21H17N2O3S-. The summed E-state index contributed by atoms with van der Waals surface area (Å²) in [4.78, 5) is 28.4. The van der Waals surface area contributed by atoms with Crippen molar-refractivity contribution >= 4 is 39.1 Å². The zero-order valence-corrected chi connectivity index (χ0v) is 15.2. The number of benzene rings is 2. The molecule has 4 rings (SSSR count). The minimum atomic E-state index is -1.18. The van der Waals surface area contributed by atoms with E-state index >= 15 is 0 Å². The lowest BCUT2D eigenvalue weighted by atomic mass is 9.82. The zero-order chi connectivity index (χ0) is 18.8. The zero-order valence-electron chi connectivity index (χ0n) is 14.4. The number of nitrogens with one attached hydrogen (secondary N) is 1. The number of para-hydroxylation sites is 1. The van der Waals surface area contributed by atoms with Gasteiger partial charge in [-0.25, -0.2) is 4.98 Å². The van der Waals surface area contributed by atoms with Crippen LogP contribution in [0.3, 0.4) is 0 Å². The summed E-state index contributed by atoms with van der Waals surface area (Å²) in [6.45, 7) is 0.